The van der Waals surface area contributed by atoms with Gasteiger partial charge in [0.15, 0.2) is 5.69 Å². The van der Waals surface area contributed by atoms with Crippen molar-refractivity contribution in [3.05, 3.63) is 88.5 Å². The molecule has 1 aliphatic heterocycles. The first-order chi connectivity index (χ1) is 14.0. The molecule has 4 rings (SSSR count). The normalized spacial score (nSPS) is 13.1. The first-order valence-electron chi connectivity index (χ1n) is 9.44. The van der Waals surface area contributed by atoms with Crippen LogP contribution in [0.5, 0.6) is 0 Å². The van der Waals surface area contributed by atoms with Gasteiger partial charge in [-0.1, -0.05) is 36.4 Å². The van der Waals surface area contributed by atoms with Crippen LogP contribution in [0.15, 0.2) is 54.6 Å². The predicted octanol–water partition coefficient (Wildman–Crippen LogP) is 2.69. The zero-order valence-corrected chi connectivity index (χ0v) is 16.1. The Hall–Kier alpha value is -3.48. The quantitative estimate of drug-likeness (QED) is 0.742. The highest BCUT2D eigenvalue weighted by Gasteiger charge is 2.29. The summed E-state index contributed by atoms with van der Waals surface area (Å²) >= 11 is 0. The first kappa shape index (κ1) is 18.9. The van der Waals surface area contributed by atoms with Gasteiger partial charge in [0.25, 0.3) is 11.8 Å². The van der Waals surface area contributed by atoms with Crippen molar-refractivity contribution in [2.24, 2.45) is 7.05 Å². The lowest BCUT2D eigenvalue weighted by Crippen LogP contribution is -2.37. The van der Waals surface area contributed by atoms with E-state index in [-0.39, 0.29) is 18.4 Å². The number of amides is 2. The number of aryl methyl sites for hydroxylation is 1. The Morgan fingerprint density at radius 1 is 1.14 bits per heavy atom. The summed E-state index contributed by atoms with van der Waals surface area (Å²) in [6.45, 7) is 1.16. The van der Waals surface area contributed by atoms with Gasteiger partial charge in [-0.3, -0.25) is 14.3 Å². The van der Waals surface area contributed by atoms with Gasteiger partial charge in [-0.05, 0) is 23.8 Å². The Kier molecular flexibility index (Phi) is 5.12. The molecule has 29 heavy (non-hydrogen) atoms. The minimum atomic E-state index is -0.448. The Balaban J connectivity index is 1.53. The number of nitrogens with one attached hydrogen (secondary N) is 1. The molecule has 0 saturated heterocycles. The second kappa shape index (κ2) is 7.87. The van der Waals surface area contributed by atoms with Crippen molar-refractivity contribution >= 4 is 11.8 Å². The lowest BCUT2D eigenvalue weighted by atomic mass is 10.0. The lowest BCUT2D eigenvalue weighted by Gasteiger charge is -2.27. The SMILES string of the molecule is Cn1nc(C(=O)NCc2ccccc2)c2c1CCN(C(=O)c1cccc(F)c1)C2. The smallest absolute Gasteiger partial charge is 0.272 e. The van der Waals surface area contributed by atoms with E-state index in [1.807, 2.05) is 30.3 Å². The van der Waals surface area contributed by atoms with E-state index in [4.69, 9.17) is 0 Å². The molecule has 0 atom stereocenters. The van der Waals surface area contributed by atoms with Gasteiger partial charge in [0, 0.05) is 43.4 Å². The minimum absolute atomic E-state index is 0.255. The molecule has 1 N–H and O–H groups in total. The molecule has 0 unspecified atom stereocenters. The molecule has 0 spiro atoms. The molecule has 0 aliphatic carbocycles. The number of benzene rings is 2. The van der Waals surface area contributed by atoms with Gasteiger partial charge in [-0.25, -0.2) is 4.39 Å². The fraction of sp³-hybridized carbons (Fsp3) is 0.227. The second-order valence-corrected chi connectivity index (χ2v) is 7.05. The van der Waals surface area contributed by atoms with Crippen molar-refractivity contribution in [3.63, 3.8) is 0 Å². The Morgan fingerprint density at radius 3 is 2.69 bits per heavy atom. The monoisotopic (exact) mass is 392 g/mol. The highest BCUT2D eigenvalue weighted by molar-refractivity contribution is 5.96. The molecule has 0 bridgehead atoms. The average molecular weight is 392 g/mol. The van der Waals surface area contributed by atoms with Crippen molar-refractivity contribution in [2.75, 3.05) is 6.54 Å². The van der Waals surface area contributed by atoms with E-state index >= 15 is 0 Å². The Labute approximate surface area is 167 Å². The number of nitrogens with zero attached hydrogens (tertiary/aromatic N) is 3. The number of aromatic nitrogens is 2. The van der Waals surface area contributed by atoms with Crippen molar-refractivity contribution in [3.8, 4) is 0 Å². The van der Waals surface area contributed by atoms with E-state index in [2.05, 4.69) is 10.4 Å². The number of fused-ring (bicyclic) bond motifs is 1. The summed E-state index contributed by atoms with van der Waals surface area (Å²) in [5.74, 6) is -0.976. The van der Waals surface area contributed by atoms with Crippen LogP contribution in [-0.2, 0) is 26.6 Å². The maximum atomic E-state index is 13.5. The van der Waals surface area contributed by atoms with Crippen molar-refractivity contribution in [2.45, 2.75) is 19.5 Å². The van der Waals surface area contributed by atoms with Gasteiger partial charge >= 0.3 is 0 Å². The van der Waals surface area contributed by atoms with Crippen LogP contribution in [0.4, 0.5) is 4.39 Å². The van der Waals surface area contributed by atoms with Gasteiger partial charge in [0.2, 0.25) is 0 Å². The van der Waals surface area contributed by atoms with Crippen LogP contribution in [0, 0.1) is 5.82 Å². The fourth-order valence-electron chi connectivity index (χ4n) is 3.61. The molecule has 148 valence electrons. The van der Waals surface area contributed by atoms with E-state index in [0.717, 1.165) is 16.8 Å². The molecule has 1 aromatic heterocycles. The molecule has 0 radical (unpaired) electrons. The maximum absolute atomic E-state index is 13.5. The number of rotatable bonds is 4. The van der Waals surface area contributed by atoms with Crippen LogP contribution in [0.3, 0.4) is 0 Å². The van der Waals surface area contributed by atoms with E-state index in [1.54, 1.807) is 22.7 Å². The van der Waals surface area contributed by atoms with Crippen LogP contribution in [0.25, 0.3) is 0 Å². The first-order valence-corrected chi connectivity index (χ1v) is 9.44. The third kappa shape index (κ3) is 3.89. The highest BCUT2D eigenvalue weighted by Crippen LogP contribution is 2.24. The summed E-state index contributed by atoms with van der Waals surface area (Å²) < 4.78 is 15.2. The average Bonchev–Trinajstić information content (AvgIpc) is 3.08. The second-order valence-electron chi connectivity index (χ2n) is 7.05. The van der Waals surface area contributed by atoms with Gasteiger partial charge < -0.3 is 10.2 Å². The Morgan fingerprint density at radius 2 is 1.93 bits per heavy atom. The van der Waals surface area contributed by atoms with Gasteiger partial charge in [0.05, 0.1) is 6.54 Å². The minimum Gasteiger partial charge on any atom is -0.347 e. The third-order valence-corrected chi connectivity index (χ3v) is 5.11. The molecule has 3 aromatic rings. The lowest BCUT2D eigenvalue weighted by molar-refractivity contribution is 0.0730. The summed E-state index contributed by atoms with van der Waals surface area (Å²) in [7, 11) is 1.80. The molecule has 2 aromatic carbocycles. The molecular formula is C22H21FN4O2. The summed E-state index contributed by atoms with van der Waals surface area (Å²) in [5, 5.41) is 7.29. The molecule has 6 nitrogen and oxygen atoms in total. The van der Waals surface area contributed by atoms with Gasteiger partial charge in [-0.2, -0.15) is 5.10 Å². The third-order valence-electron chi connectivity index (χ3n) is 5.11. The summed E-state index contributed by atoms with van der Waals surface area (Å²) in [5.41, 5.74) is 3.31. The van der Waals surface area contributed by atoms with Crippen molar-refractivity contribution in [1.82, 2.24) is 20.0 Å². The standard InChI is InChI=1S/C22H21FN4O2/c1-26-19-10-11-27(22(29)16-8-5-9-17(23)12-16)14-18(19)20(25-26)21(28)24-13-15-6-3-2-4-7-15/h2-9,12H,10-11,13-14H2,1H3,(H,24,28). The van der Waals surface area contributed by atoms with Crippen LogP contribution in [0.1, 0.15) is 37.7 Å². The van der Waals surface area contributed by atoms with E-state index in [0.29, 0.717) is 30.8 Å². The van der Waals surface area contributed by atoms with Crippen LogP contribution in [0.2, 0.25) is 0 Å². The summed E-state index contributed by atoms with van der Waals surface area (Å²) in [4.78, 5) is 27.2. The largest absolute Gasteiger partial charge is 0.347 e. The number of carbonyl (C=O) groups is 2. The molecule has 2 amide bonds. The Bertz CT molecular complexity index is 1060. The predicted molar refractivity (Wildman–Crippen MR) is 106 cm³/mol. The van der Waals surface area contributed by atoms with Crippen LogP contribution >= 0.6 is 0 Å². The van der Waals surface area contributed by atoms with Crippen LogP contribution in [-0.4, -0.2) is 33.0 Å². The zero-order chi connectivity index (χ0) is 20.4. The molecular weight excluding hydrogens is 371 g/mol. The van der Waals surface area contributed by atoms with Gasteiger partial charge in [-0.15, -0.1) is 0 Å². The van der Waals surface area contributed by atoms with E-state index < -0.39 is 5.82 Å². The summed E-state index contributed by atoms with van der Waals surface area (Å²) in [6, 6.07) is 15.3. The van der Waals surface area contributed by atoms with Gasteiger partial charge in [0.1, 0.15) is 5.82 Å². The molecule has 2 heterocycles. The van der Waals surface area contributed by atoms with Crippen LogP contribution < -0.4 is 5.32 Å². The molecule has 0 saturated carbocycles. The molecule has 0 fully saturated rings. The fourth-order valence-corrected chi connectivity index (χ4v) is 3.61. The number of hydrogen-bond donors (Lipinski definition) is 1. The molecule has 7 heteroatoms. The number of halogens is 1. The molecule has 1 aliphatic rings. The van der Waals surface area contributed by atoms with E-state index in [1.165, 1.54) is 18.2 Å². The zero-order valence-electron chi connectivity index (χ0n) is 16.1. The number of hydrogen-bond acceptors (Lipinski definition) is 3. The summed E-state index contributed by atoms with van der Waals surface area (Å²) in [6.07, 6.45) is 0.589. The maximum Gasteiger partial charge on any atom is 0.272 e. The highest BCUT2D eigenvalue weighted by atomic mass is 19.1. The van der Waals surface area contributed by atoms with Crippen molar-refractivity contribution in [1.29, 1.82) is 0 Å². The topological polar surface area (TPSA) is 67.2 Å². The number of carbonyl (C=O) groups excluding carboxylic acids is 2. The van der Waals surface area contributed by atoms with Crippen molar-refractivity contribution < 1.29 is 14.0 Å². The van der Waals surface area contributed by atoms with E-state index in [9.17, 15) is 14.0 Å².